The molecule has 0 bridgehead atoms. The molecule has 0 heterocycles. The van der Waals surface area contributed by atoms with Gasteiger partial charge in [0.2, 0.25) is 0 Å². The number of benzene rings is 2. The molecule has 0 aromatic heterocycles. The first-order valence-electron chi connectivity index (χ1n) is 7.40. The van der Waals surface area contributed by atoms with E-state index < -0.39 is 0 Å². The lowest BCUT2D eigenvalue weighted by atomic mass is 9.97. The van der Waals surface area contributed by atoms with Crippen LogP contribution in [0.2, 0.25) is 10.0 Å². The van der Waals surface area contributed by atoms with Crippen LogP contribution in [0.4, 0.5) is 0 Å². The molecule has 0 radical (unpaired) electrons. The van der Waals surface area contributed by atoms with Crippen molar-refractivity contribution in [2.75, 3.05) is 6.54 Å². The van der Waals surface area contributed by atoms with Gasteiger partial charge < -0.3 is 5.32 Å². The number of aryl methyl sites for hydroxylation is 1. The van der Waals surface area contributed by atoms with Crippen LogP contribution in [-0.4, -0.2) is 6.54 Å². The number of likely N-dealkylation sites (N-methyl/N-ethyl adjacent to an activating group) is 1. The highest BCUT2D eigenvalue weighted by Gasteiger charge is 2.12. The first-order valence-corrected chi connectivity index (χ1v) is 8.15. The van der Waals surface area contributed by atoms with Gasteiger partial charge in [0.05, 0.1) is 10.0 Å². The molecule has 1 unspecified atom stereocenters. The van der Waals surface area contributed by atoms with E-state index in [1.807, 2.05) is 18.2 Å². The minimum atomic E-state index is 0.290. The largest absolute Gasteiger partial charge is 0.310 e. The average Bonchev–Trinajstić information content (AvgIpc) is 2.50. The van der Waals surface area contributed by atoms with E-state index in [-0.39, 0.29) is 6.04 Å². The Kier molecular flexibility index (Phi) is 6.10. The fraction of sp³-hybridized carbons (Fsp3) is 0.333. The van der Waals surface area contributed by atoms with Crippen LogP contribution in [-0.2, 0) is 12.8 Å². The van der Waals surface area contributed by atoms with Gasteiger partial charge in [-0.25, -0.2) is 0 Å². The summed E-state index contributed by atoms with van der Waals surface area (Å²) in [4.78, 5) is 0. The summed E-state index contributed by atoms with van der Waals surface area (Å²) in [6.45, 7) is 5.23. The maximum absolute atomic E-state index is 6.11. The molecule has 3 heteroatoms. The number of halogens is 2. The zero-order valence-corrected chi connectivity index (χ0v) is 14.0. The van der Waals surface area contributed by atoms with E-state index in [1.165, 1.54) is 16.7 Å². The third-order valence-corrected chi connectivity index (χ3v) is 4.40. The van der Waals surface area contributed by atoms with Crippen LogP contribution < -0.4 is 5.32 Å². The minimum absolute atomic E-state index is 0.290. The average molecular weight is 322 g/mol. The third kappa shape index (κ3) is 4.47. The molecule has 1 N–H and O–H groups in total. The van der Waals surface area contributed by atoms with Crippen LogP contribution in [0.5, 0.6) is 0 Å². The summed E-state index contributed by atoms with van der Waals surface area (Å²) < 4.78 is 0. The smallest absolute Gasteiger partial charge is 0.0595 e. The van der Waals surface area contributed by atoms with Gasteiger partial charge in [-0.1, -0.05) is 67.4 Å². The molecule has 0 aliphatic rings. The van der Waals surface area contributed by atoms with Gasteiger partial charge in [-0.3, -0.25) is 0 Å². The highest BCUT2D eigenvalue weighted by molar-refractivity contribution is 6.42. The second kappa shape index (κ2) is 7.84. The number of hydrogen-bond donors (Lipinski definition) is 1. The normalized spacial score (nSPS) is 12.4. The van der Waals surface area contributed by atoms with Crippen molar-refractivity contribution in [2.45, 2.75) is 32.7 Å². The van der Waals surface area contributed by atoms with Crippen molar-refractivity contribution in [1.29, 1.82) is 0 Å². The Balaban J connectivity index is 2.19. The predicted molar refractivity (Wildman–Crippen MR) is 92.4 cm³/mol. The van der Waals surface area contributed by atoms with Crippen molar-refractivity contribution < 1.29 is 0 Å². The lowest BCUT2D eigenvalue weighted by Crippen LogP contribution is -2.23. The van der Waals surface area contributed by atoms with Crippen LogP contribution in [0.3, 0.4) is 0 Å². The molecular weight excluding hydrogens is 301 g/mol. The Morgan fingerprint density at radius 1 is 0.905 bits per heavy atom. The van der Waals surface area contributed by atoms with Crippen molar-refractivity contribution >= 4 is 23.2 Å². The van der Waals surface area contributed by atoms with E-state index in [1.54, 1.807) is 0 Å². The van der Waals surface area contributed by atoms with Gasteiger partial charge in [0.15, 0.2) is 0 Å². The summed E-state index contributed by atoms with van der Waals surface area (Å²) in [5.41, 5.74) is 3.86. The zero-order valence-electron chi connectivity index (χ0n) is 12.5. The van der Waals surface area contributed by atoms with Crippen LogP contribution in [0.1, 0.15) is 36.6 Å². The molecule has 2 aromatic rings. The second-order valence-corrected chi connectivity index (χ2v) is 5.97. The Morgan fingerprint density at radius 3 is 2.14 bits per heavy atom. The first-order chi connectivity index (χ1) is 10.1. The highest BCUT2D eigenvalue weighted by Crippen LogP contribution is 2.26. The Bertz CT molecular complexity index is 578. The maximum Gasteiger partial charge on any atom is 0.0595 e. The van der Waals surface area contributed by atoms with Crippen LogP contribution in [0, 0.1) is 0 Å². The standard InChI is InChI=1S/C18H21Cl2N/c1-3-13-5-8-15(9-6-13)18(21-4-2)12-14-7-10-16(19)17(20)11-14/h5-11,18,21H,3-4,12H2,1-2H3. The van der Waals surface area contributed by atoms with E-state index in [4.69, 9.17) is 23.2 Å². The Labute approximate surface area is 137 Å². The molecule has 2 rings (SSSR count). The summed E-state index contributed by atoms with van der Waals surface area (Å²) in [7, 11) is 0. The van der Waals surface area contributed by atoms with E-state index in [0.29, 0.717) is 10.0 Å². The quantitative estimate of drug-likeness (QED) is 0.746. The summed E-state index contributed by atoms with van der Waals surface area (Å²) in [6.07, 6.45) is 1.97. The molecule has 0 aliphatic heterocycles. The molecular formula is C18H21Cl2N. The fourth-order valence-electron chi connectivity index (χ4n) is 2.44. The highest BCUT2D eigenvalue weighted by atomic mass is 35.5. The van der Waals surface area contributed by atoms with Crippen molar-refractivity contribution in [2.24, 2.45) is 0 Å². The van der Waals surface area contributed by atoms with Crippen molar-refractivity contribution in [3.8, 4) is 0 Å². The lowest BCUT2D eigenvalue weighted by molar-refractivity contribution is 0.550. The predicted octanol–water partition coefficient (Wildman–Crippen LogP) is 5.45. The minimum Gasteiger partial charge on any atom is -0.310 e. The molecule has 21 heavy (non-hydrogen) atoms. The van der Waals surface area contributed by atoms with Crippen LogP contribution in [0.25, 0.3) is 0 Å². The summed E-state index contributed by atoms with van der Waals surface area (Å²) in [5, 5.41) is 4.76. The molecule has 1 nitrogen and oxygen atoms in total. The lowest BCUT2D eigenvalue weighted by Gasteiger charge is -2.19. The molecule has 0 saturated heterocycles. The van der Waals surface area contributed by atoms with Crippen molar-refractivity contribution in [3.63, 3.8) is 0 Å². The van der Waals surface area contributed by atoms with Gasteiger partial charge in [0, 0.05) is 6.04 Å². The molecule has 0 aliphatic carbocycles. The molecule has 0 spiro atoms. The van der Waals surface area contributed by atoms with Gasteiger partial charge in [0.25, 0.3) is 0 Å². The second-order valence-electron chi connectivity index (χ2n) is 5.16. The topological polar surface area (TPSA) is 12.0 Å². The van der Waals surface area contributed by atoms with Crippen molar-refractivity contribution in [1.82, 2.24) is 5.32 Å². The Morgan fingerprint density at radius 2 is 1.57 bits per heavy atom. The SMILES string of the molecule is CCNC(Cc1ccc(Cl)c(Cl)c1)c1ccc(CC)cc1. The number of rotatable bonds is 6. The fourth-order valence-corrected chi connectivity index (χ4v) is 2.76. The molecule has 1 atom stereocenters. The molecule has 0 amide bonds. The van der Waals surface area contributed by atoms with Crippen molar-refractivity contribution in [3.05, 3.63) is 69.2 Å². The van der Waals surface area contributed by atoms with E-state index in [9.17, 15) is 0 Å². The van der Waals surface area contributed by atoms with E-state index in [2.05, 4.69) is 43.4 Å². The third-order valence-electron chi connectivity index (χ3n) is 3.66. The summed E-state index contributed by atoms with van der Waals surface area (Å²) in [5.74, 6) is 0. The first kappa shape index (κ1) is 16.4. The van der Waals surface area contributed by atoms with Gasteiger partial charge in [-0.05, 0) is 48.2 Å². The van der Waals surface area contributed by atoms with Gasteiger partial charge >= 0.3 is 0 Å². The summed E-state index contributed by atoms with van der Waals surface area (Å²) in [6, 6.07) is 15.0. The van der Waals surface area contributed by atoms with Gasteiger partial charge in [-0.2, -0.15) is 0 Å². The number of nitrogens with one attached hydrogen (secondary N) is 1. The van der Waals surface area contributed by atoms with Gasteiger partial charge in [-0.15, -0.1) is 0 Å². The zero-order chi connectivity index (χ0) is 15.2. The number of hydrogen-bond acceptors (Lipinski definition) is 1. The monoisotopic (exact) mass is 321 g/mol. The molecule has 0 saturated carbocycles. The summed E-state index contributed by atoms with van der Waals surface area (Å²) >= 11 is 12.1. The molecule has 2 aromatic carbocycles. The van der Waals surface area contributed by atoms with Gasteiger partial charge in [0.1, 0.15) is 0 Å². The van der Waals surface area contributed by atoms with Crippen LogP contribution in [0.15, 0.2) is 42.5 Å². The Hall–Kier alpha value is -1.02. The van der Waals surface area contributed by atoms with E-state index >= 15 is 0 Å². The van der Waals surface area contributed by atoms with E-state index in [0.717, 1.165) is 19.4 Å². The maximum atomic E-state index is 6.11. The van der Waals surface area contributed by atoms with Crippen LogP contribution >= 0.6 is 23.2 Å². The molecule has 0 fully saturated rings. The molecule has 112 valence electrons.